The van der Waals surface area contributed by atoms with Crippen LogP contribution >= 0.6 is 15.9 Å². The number of carbonyl (C=O) groups is 1. The van der Waals surface area contributed by atoms with Gasteiger partial charge in [-0.2, -0.15) is 5.10 Å². The van der Waals surface area contributed by atoms with E-state index >= 15 is 0 Å². The number of aromatic nitrogens is 2. The van der Waals surface area contributed by atoms with E-state index in [9.17, 15) is 4.79 Å². The van der Waals surface area contributed by atoms with Crippen LogP contribution in [0.5, 0.6) is 5.75 Å². The van der Waals surface area contributed by atoms with Gasteiger partial charge in [-0.15, -0.1) is 0 Å². The molecule has 0 spiro atoms. The van der Waals surface area contributed by atoms with Crippen molar-refractivity contribution in [3.05, 3.63) is 39.8 Å². The van der Waals surface area contributed by atoms with Crippen LogP contribution in [0, 0.1) is 13.8 Å². The molecule has 27 heavy (non-hydrogen) atoms. The molecule has 0 bridgehead atoms. The fourth-order valence-electron chi connectivity index (χ4n) is 3.09. The number of nitrogens with zero attached hydrogens (tertiary/aromatic N) is 2. The van der Waals surface area contributed by atoms with E-state index in [4.69, 9.17) is 9.15 Å². The van der Waals surface area contributed by atoms with Crippen molar-refractivity contribution >= 4 is 38.5 Å². The van der Waals surface area contributed by atoms with Crippen LogP contribution < -0.4 is 10.1 Å². The minimum atomic E-state index is -0.229. The molecule has 1 aromatic carbocycles. The van der Waals surface area contributed by atoms with Crippen LogP contribution in [-0.4, -0.2) is 21.8 Å². The topological polar surface area (TPSA) is 69.3 Å². The molecule has 0 aliphatic rings. The Hall–Kier alpha value is -2.28. The number of amides is 1. The van der Waals surface area contributed by atoms with E-state index in [1.807, 2.05) is 38.4 Å². The number of halogens is 1. The van der Waals surface area contributed by atoms with Gasteiger partial charge in [0.2, 0.25) is 0 Å². The van der Waals surface area contributed by atoms with Crippen molar-refractivity contribution in [2.45, 2.75) is 53.7 Å². The number of hydrogen-bond donors (Lipinski definition) is 1. The fourth-order valence-corrected chi connectivity index (χ4v) is 3.49. The molecule has 144 valence electrons. The Kier molecular flexibility index (Phi) is 5.33. The molecule has 0 saturated carbocycles. The highest BCUT2D eigenvalue weighted by molar-refractivity contribution is 9.10. The quantitative estimate of drug-likeness (QED) is 0.565. The minimum absolute atomic E-state index is 0.0195. The number of carbonyl (C=O) groups excluding carboxylic acids is 1. The third-order valence-corrected chi connectivity index (χ3v) is 4.64. The van der Waals surface area contributed by atoms with Gasteiger partial charge in [0.05, 0.1) is 28.6 Å². The maximum Gasteiger partial charge on any atom is 0.256 e. The summed E-state index contributed by atoms with van der Waals surface area (Å²) in [6.45, 7) is 11.9. The van der Waals surface area contributed by atoms with E-state index in [1.54, 1.807) is 12.1 Å². The molecule has 0 radical (unpaired) electrons. The summed E-state index contributed by atoms with van der Waals surface area (Å²) in [7, 11) is 0. The number of benzene rings is 1. The zero-order chi connectivity index (χ0) is 19.9. The van der Waals surface area contributed by atoms with Crippen LogP contribution in [0.2, 0.25) is 0 Å². The highest BCUT2D eigenvalue weighted by Gasteiger charge is 2.19. The van der Waals surface area contributed by atoms with Gasteiger partial charge in [0.1, 0.15) is 11.3 Å². The molecule has 2 heterocycles. The summed E-state index contributed by atoms with van der Waals surface area (Å²) in [6, 6.07) is 5.53. The van der Waals surface area contributed by atoms with Crippen LogP contribution in [0.4, 0.5) is 5.69 Å². The van der Waals surface area contributed by atoms with Gasteiger partial charge in [-0.1, -0.05) is 0 Å². The van der Waals surface area contributed by atoms with Gasteiger partial charge >= 0.3 is 0 Å². The highest BCUT2D eigenvalue weighted by Crippen LogP contribution is 2.34. The van der Waals surface area contributed by atoms with Gasteiger partial charge in [0, 0.05) is 17.7 Å². The molecule has 2 aromatic heterocycles. The molecular formula is C20H24BrN3O3. The first-order valence-corrected chi connectivity index (χ1v) is 9.73. The number of rotatable bonds is 5. The van der Waals surface area contributed by atoms with Gasteiger partial charge < -0.3 is 14.5 Å². The fraction of sp³-hybridized carbons (Fsp3) is 0.400. The maximum absolute atomic E-state index is 12.9. The van der Waals surface area contributed by atoms with E-state index < -0.39 is 0 Å². The lowest BCUT2D eigenvalue weighted by molar-refractivity contribution is 0.102. The Morgan fingerprint density at radius 3 is 2.52 bits per heavy atom. The van der Waals surface area contributed by atoms with E-state index in [0.29, 0.717) is 21.6 Å². The molecule has 1 N–H and O–H groups in total. The van der Waals surface area contributed by atoms with Gasteiger partial charge in [0.25, 0.3) is 5.91 Å². The van der Waals surface area contributed by atoms with Gasteiger partial charge in [-0.25, -0.2) is 0 Å². The summed E-state index contributed by atoms with van der Waals surface area (Å²) in [5, 5.41) is 8.34. The summed E-state index contributed by atoms with van der Waals surface area (Å²) in [5.41, 5.74) is 3.51. The molecule has 3 aromatic rings. The molecule has 0 saturated heterocycles. The molecule has 0 atom stereocenters. The SMILES string of the molecule is Cc1nn(C(C)C)c(C)c1NC(=O)c1cc(OC(C)C)c2cc(Br)oc2c1. The van der Waals surface area contributed by atoms with Crippen molar-refractivity contribution in [1.82, 2.24) is 9.78 Å². The zero-order valence-electron chi connectivity index (χ0n) is 16.4. The average molecular weight is 434 g/mol. The van der Waals surface area contributed by atoms with Gasteiger partial charge in [0.15, 0.2) is 4.67 Å². The Labute approximate surface area is 167 Å². The molecule has 3 rings (SSSR count). The van der Waals surface area contributed by atoms with E-state index in [2.05, 4.69) is 40.2 Å². The largest absolute Gasteiger partial charge is 0.490 e. The number of hydrogen-bond acceptors (Lipinski definition) is 4. The Morgan fingerprint density at radius 2 is 1.93 bits per heavy atom. The first kappa shape index (κ1) is 19.5. The highest BCUT2D eigenvalue weighted by atomic mass is 79.9. The summed E-state index contributed by atoms with van der Waals surface area (Å²) in [5.74, 6) is 0.390. The lowest BCUT2D eigenvalue weighted by Gasteiger charge is -2.13. The van der Waals surface area contributed by atoms with Gasteiger partial charge in [-0.3, -0.25) is 9.48 Å². The predicted molar refractivity (Wildman–Crippen MR) is 110 cm³/mol. The minimum Gasteiger partial charge on any atom is -0.490 e. The van der Waals surface area contributed by atoms with E-state index in [-0.39, 0.29) is 18.1 Å². The lowest BCUT2D eigenvalue weighted by Crippen LogP contribution is -2.14. The normalized spacial score (nSPS) is 11.6. The Morgan fingerprint density at radius 1 is 1.22 bits per heavy atom. The Balaban J connectivity index is 1.99. The molecule has 1 amide bonds. The van der Waals surface area contributed by atoms with Crippen LogP contribution in [0.15, 0.2) is 27.3 Å². The zero-order valence-corrected chi connectivity index (χ0v) is 18.0. The first-order valence-electron chi connectivity index (χ1n) is 8.94. The molecule has 0 aliphatic carbocycles. The van der Waals surface area contributed by atoms with Crippen molar-refractivity contribution in [2.24, 2.45) is 0 Å². The van der Waals surface area contributed by atoms with Crippen molar-refractivity contribution in [1.29, 1.82) is 0 Å². The van der Waals surface area contributed by atoms with Gasteiger partial charge in [-0.05, 0) is 69.6 Å². The average Bonchev–Trinajstić information content (AvgIpc) is 3.08. The number of nitrogens with one attached hydrogen (secondary N) is 1. The lowest BCUT2D eigenvalue weighted by atomic mass is 10.1. The van der Waals surface area contributed by atoms with E-state index in [1.165, 1.54) is 0 Å². The van der Waals surface area contributed by atoms with Crippen LogP contribution in [0.1, 0.15) is 55.5 Å². The molecule has 6 nitrogen and oxygen atoms in total. The third kappa shape index (κ3) is 3.88. The second-order valence-electron chi connectivity index (χ2n) is 7.14. The molecule has 0 fully saturated rings. The molecule has 0 unspecified atom stereocenters. The molecule has 7 heteroatoms. The smallest absolute Gasteiger partial charge is 0.256 e. The summed E-state index contributed by atoms with van der Waals surface area (Å²) >= 11 is 3.34. The number of fused-ring (bicyclic) bond motifs is 1. The van der Waals surface area contributed by atoms with Crippen molar-refractivity contribution in [3.63, 3.8) is 0 Å². The van der Waals surface area contributed by atoms with Crippen LogP contribution in [-0.2, 0) is 0 Å². The second-order valence-corrected chi connectivity index (χ2v) is 7.92. The summed E-state index contributed by atoms with van der Waals surface area (Å²) in [6.07, 6.45) is -0.0195. The van der Waals surface area contributed by atoms with Crippen molar-refractivity contribution < 1.29 is 13.9 Å². The van der Waals surface area contributed by atoms with Crippen molar-refractivity contribution in [3.8, 4) is 5.75 Å². The third-order valence-electron chi connectivity index (χ3n) is 4.25. The molecular weight excluding hydrogens is 410 g/mol. The maximum atomic E-state index is 12.9. The van der Waals surface area contributed by atoms with Crippen molar-refractivity contribution in [2.75, 3.05) is 5.32 Å². The molecule has 0 aliphatic heterocycles. The number of ether oxygens (including phenoxy) is 1. The predicted octanol–water partition coefficient (Wildman–Crippen LogP) is 5.63. The van der Waals surface area contributed by atoms with Crippen LogP contribution in [0.3, 0.4) is 0 Å². The van der Waals surface area contributed by atoms with E-state index in [0.717, 1.165) is 22.5 Å². The summed E-state index contributed by atoms with van der Waals surface area (Å²) in [4.78, 5) is 12.9. The summed E-state index contributed by atoms with van der Waals surface area (Å²) < 4.78 is 14.0. The van der Waals surface area contributed by atoms with Crippen LogP contribution in [0.25, 0.3) is 11.0 Å². The monoisotopic (exact) mass is 433 g/mol. The second kappa shape index (κ2) is 7.38. The first-order chi connectivity index (χ1) is 12.7. The standard InChI is InChI=1S/C20H24BrN3O3/c1-10(2)24-13(6)19(12(5)23-24)22-20(25)14-7-16(26-11(3)4)15-9-18(21)27-17(15)8-14/h7-11H,1-6H3,(H,22,25). The number of furan rings is 1. The number of anilines is 1. The Bertz CT molecular complexity index is 1000. The number of aryl methyl sites for hydroxylation is 1.